The summed E-state index contributed by atoms with van der Waals surface area (Å²) in [5, 5.41) is 5.10. The second-order valence-electron chi connectivity index (χ2n) is 7.38. The summed E-state index contributed by atoms with van der Waals surface area (Å²) < 4.78 is 5.43. The van der Waals surface area contributed by atoms with Gasteiger partial charge in [0.15, 0.2) is 5.13 Å². The van der Waals surface area contributed by atoms with Crippen LogP contribution in [0.1, 0.15) is 36.2 Å². The van der Waals surface area contributed by atoms with Crippen molar-refractivity contribution >= 4 is 45.3 Å². The van der Waals surface area contributed by atoms with Gasteiger partial charge in [-0.15, -0.1) is 11.3 Å². The Morgan fingerprint density at radius 2 is 2.04 bits per heavy atom. The number of rotatable bonds is 5. The molecule has 0 fully saturated rings. The number of carbonyl (C=O) groups excluding carboxylic acids is 1. The van der Waals surface area contributed by atoms with Gasteiger partial charge in [0.05, 0.1) is 22.7 Å². The Labute approximate surface area is 177 Å². The van der Waals surface area contributed by atoms with E-state index in [-0.39, 0.29) is 5.91 Å². The summed E-state index contributed by atoms with van der Waals surface area (Å²) >= 11 is 9.20. The fourth-order valence-electron chi connectivity index (χ4n) is 2.53. The normalized spacial score (nSPS) is 11.5. The number of nitrogens with one attached hydrogen (secondary N) is 1. The number of halogens is 1. The predicted octanol–water partition coefficient (Wildman–Crippen LogP) is 5.81. The molecule has 0 atom stereocenters. The van der Waals surface area contributed by atoms with Crippen molar-refractivity contribution in [1.29, 1.82) is 0 Å². The molecule has 0 aliphatic carbocycles. The minimum Gasteiger partial charge on any atom is -0.496 e. The molecule has 8 heteroatoms. The Morgan fingerprint density at radius 3 is 2.71 bits per heavy atom. The van der Waals surface area contributed by atoms with Crippen molar-refractivity contribution in [2.24, 2.45) is 5.41 Å². The molecule has 0 aliphatic heterocycles. The smallest absolute Gasteiger partial charge is 0.231 e. The third kappa shape index (κ3) is 4.71. The van der Waals surface area contributed by atoms with Crippen LogP contribution in [0.5, 0.6) is 5.75 Å². The molecule has 0 aliphatic rings. The number of thiazole rings is 2. The summed E-state index contributed by atoms with van der Waals surface area (Å²) in [5.74, 6) is 0.737. The lowest BCUT2D eigenvalue weighted by molar-refractivity contribution is -0.123. The molecule has 0 radical (unpaired) electrons. The third-order valence-electron chi connectivity index (χ3n) is 4.07. The lowest BCUT2D eigenvalue weighted by Crippen LogP contribution is -2.27. The Hall–Kier alpha value is -1.96. The van der Waals surface area contributed by atoms with E-state index in [4.69, 9.17) is 21.3 Å². The first-order chi connectivity index (χ1) is 13.2. The van der Waals surface area contributed by atoms with Crippen LogP contribution in [-0.4, -0.2) is 23.0 Å². The van der Waals surface area contributed by atoms with Gasteiger partial charge in [-0.3, -0.25) is 4.79 Å². The monoisotopic (exact) mass is 435 g/mol. The van der Waals surface area contributed by atoms with Gasteiger partial charge < -0.3 is 10.1 Å². The maximum Gasteiger partial charge on any atom is 0.231 e. The minimum atomic E-state index is -0.467. The summed E-state index contributed by atoms with van der Waals surface area (Å²) in [6.45, 7) is 7.66. The van der Waals surface area contributed by atoms with E-state index in [0.29, 0.717) is 16.6 Å². The molecule has 0 saturated heterocycles. The number of benzene rings is 1. The van der Waals surface area contributed by atoms with E-state index in [0.717, 1.165) is 31.8 Å². The second-order valence-corrected chi connectivity index (χ2v) is 10.1. The molecule has 2 aromatic heterocycles. The van der Waals surface area contributed by atoms with E-state index in [9.17, 15) is 4.79 Å². The molecule has 0 saturated carbocycles. The average molecular weight is 436 g/mol. The molecule has 1 aromatic carbocycles. The van der Waals surface area contributed by atoms with Crippen LogP contribution in [0.3, 0.4) is 0 Å². The van der Waals surface area contributed by atoms with Crippen molar-refractivity contribution < 1.29 is 9.53 Å². The van der Waals surface area contributed by atoms with Gasteiger partial charge in [0.2, 0.25) is 5.91 Å². The molecule has 0 unspecified atom stereocenters. The Kier molecular flexibility index (Phi) is 6.07. The Morgan fingerprint density at radius 1 is 1.29 bits per heavy atom. The number of aryl methyl sites for hydroxylation is 1. The maximum absolute atomic E-state index is 12.2. The summed E-state index contributed by atoms with van der Waals surface area (Å²) in [4.78, 5) is 23.3. The van der Waals surface area contributed by atoms with Crippen LogP contribution in [-0.2, 0) is 11.2 Å². The number of anilines is 1. The molecule has 28 heavy (non-hydrogen) atoms. The highest BCUT2D eigenvalue weighted by atomic mass is 35.5. The van der Waals surface area contributed by atoms with Crippen LogP contribution in [0.2, 0.25) is 5.02 Å². The van der Waals surface area contributed by atoms with Gasteiger partial charge in [0.25, 0.3) is 0 Å². The van der Waals surface area contributed by atoms with E-state index < -0.39 is 5.41 Å². The van der Waals surface area contributed by atoms with Crippen LogP contribution >= 0.6 is 34.3 Å². The quantitative estimate of drug-likeness (QED) is 0.549. The SMILES string of the molecule is COc1ccc(Cl)cc1Cc1nc(-c2cnc(NC(=O)C(C)(C)C)s2)c(C)s1. The molecular weight excluding hydrogens is 414 g/mol. The molecule has 1 amide bonds. The number of carbonyl (C=O) groups is 1. The van der Waals surface area contributed by atoms with E-state index >= 15 is 0 Å². The van der Waals surface area contributed by atoms with Gasteiger partial charge in [0.1, 0.15) is 5.75 Å². The maximum atomic E-state index is 12.2. The average Bonchev–Trinajstić information content (AvgIpc) is 3.20. The number of methoxy groups -OCH3 is 1. The first-order valence-electron chi connectivity index (χ1n) is 8.73. The first-order valence-corrected chi connectivity index (χ1v) is 10.7. The Balaban J connectivity index is 1.82. The molecule has 3 rings (SSSR count). The number of amides is 1. The van der Waals surface area contributed by atoms with E-state index in [1.54, 1.807) is 24.6 Å². The van der Waals surface area contributed by atoms with Crippen LogP contribution in [0.15, 0.2) is 24.4 Å². The van der Waals surface area contributed by atoms with Crippen LogP contribution in [0.25, 0.3) is 10.6 Å². The topological polar surface area (TPSA) is 64.1 Å². The molecule has 3 aromatic rings. The fraction of sp³-hybridized carbons (Fsp3) is 0.350. The molecule has 1 N–H and O–H groups in total. The number of hydrogen-bond donors (Lipinski definition) is 1. The van der Waals surface area contributed by atoms with Crippen molar-refractivity contribution in [1.82, 2.24) is 9.97 Å². The number of ether oxygens (including phenoxy) is 1. The molecule has 0 spiro atoms. The van der Waals surface area contributed by atoms with E-state index in [1.807, 2.05) is 45.9 Å². The van der Waals surface area contributed by atoms with E-state index in [1.165, 1.54) is 11.3 Å². The largest absolute Gasteiger partial charge is 0.496 e. The van der Waals surface area contributed by atoms with E-state index in [2.05, 4.69) is 10.3 Å². The van der Waals surface area contributed by atoms with Crippen molar-refractivity contribution in [2.75, 3.05) is 12.4 Å². The lowest BCUT2D eigenvalue weighted by Gasteiger charge is -2.15. The van der Waals surface area contributed by atoms with Gasteiger partial charge in [-0.25, -0.2) is 9.97 Å². The summed E-state index contributed by atoms with van der Waals surface area (Å²) in [7, 11) is 1.65. The highest BCUT2D eigenvalue weighted by Gasteiger charge is 2.23. The lowest BCUT2D eigenvalue weighted by atomic mass is 9.96. The highest BCUT2D eigenvalue weighted by Crippen LogP contribution is 2.35. The molecular formula is C20H22ClN3O2S2. The van der Waals surface area contributed by atoms with Gasteiger partial charge >= 0.3 is 0 Å². The van der Waals surface area contributed by atoms with Crippen molar-refractivity contribution in [3.05, 3.63) is 44.9 Å². The molecule has 148 valence electrons. The number of aromatic nitrogens is 2. The highest BCUT2D eigenvalue weighted by molar-refractivity contribution is 7.19. The summed E-state index contributed by atoms with van der Waals surface area (Å²) in [5.41, 5.74) is 1.43. The van der Waals surface area contributed by atoms with Gasteiger partial charge in [-0.05, 0) is 25.1 Å². The summed E-state index contributed by atoms with van der Waals surface area (Å²) in [6.07, 6.45) is 2.40. The van der Waals surface area contributed by atoms with Gasteiger partial charge in [0, 0.05) is 33.5 Å². The zero-order chi connectivity index (χ0) is 20.5. The zero-order valence-corrected chi connectivity index (χ0v) is 18.8. The standard InChI is InChI=1S/C20H22ClN3O2S2/c1-11-17(15-10-22-19(28-15)24-18(25)20(2,3)4)23-16(27-11)9-12-8-13(21)6-7-14(12)26-5/h6-8,10H,9H2,1-5H3,(H,22,24,25). The predicted molar refractivity (Wildman–Crippen MR) is 117 cm³/mol. The zero-order valence-electron chi connectivity index (χ0n) is 16.4. The van der Waals surface area contributed by atoms with Crippen molar-refractivity contribution in [3.63, 3.8) is 0 Å². The second kappa shape index (κ2) is 8.19. The molecule has 2 heterocycles. The van der Waals surface area contributed by atoms with Crippen LogP contribution in [0.4, 0.5) is 5.13 Å². The van der Waals surface area contributed by atoms with Gasteiger partial charge in [-0.1, -0.05) is 43.7 Å². The Bertz CT molecular complexity index is 1010. The van der Waals surface area contributed by atoms with Crippen LogP contribution < -0.4 is 10.1 Å². The minimum absolute atomic E-state index is 0.0582. The molecule has 0 bridgehead atoms. The van der Waals surface area contributed by atoms with Crippen molar-refractivity contribution in [3.8, 4) is 16.3 Å². The van der Waals surface area contributed by atoms with Crippen LogP contribution in [0, 0.1) is 12.3 Å². The molecule has 5 nitrogen and oxygen atoms in total. The first kappa shape index (κ1) is 20.8. The fourth-order valence-corrected chi connectivity index (χ4v) is 4.62. The third-order valence-corrected chi connectivity index (χ3v) is 6.19. The summed E-state index contributed by atoms with van der Waals surface area (Å²) in [6, 6.07) is 5.59. The van der Waals surface area contributed by atoms with Crippen molar-refractivity contribution in [2.45, 2.75) is 34.1 Å². The van der Waals surface area contributed by atoms with Gasteiger partial charge in [-0.2, -0.15) is 0 Å². The number of nitrogens with zero attached hydrogens (tertiary/aromatic N) is 2. The number of hydrogen-bond acceptors (Lipinski definition) is 6.